The molecule has 3 N–H and O–H groups in total. The molecule has 150 valence electrons. The molecule has 0 aliphatic carbocycles. The lowest BCUT2D eigenvalue weighted by atomic mass is 9.92. The Hall–Kier alpha value is -3.02. The molecule has 1 amide bonds. The molecule has 0 spiro atoms. The zero-order valence-corrected chi connectivity index (χ0v) is 17.3. The molecule has 0 unspecified atom stereocenters. The molecule has 0 fully saturated rings. The van der Waals surface area contributed by atoms with Crippen molar-refractivity contribution in [1.29, 1.82) is 0 Å². The summed E-state index contributed by atoms with van der Waals surface area (Å²) in [6.45, 7) is 6.82. The van der Waals surface area contributed by atoms with E-state index in [0.29, 0.717) is 19.0 Å². The molecule has 0 aromatic heterocycles. The number of amides is 1. The molecule has 0 atom stereocenters. The van der Waals surface area contributed by atoms with Crippen molar-refractivity contribution in [3.8, 4) is 11.5 Å². The Morgan fingerprint density at radius 3 is 2.46 bits per heavy atom. The first-order valence-electron chi connectivity index (χ1n) is 9.35. The Balaban J connectivity index is 2.03. The molecule has 0 radical (unpaired) electrons. The van der Waals surface area contributed by atoms with E-state index in [1.54, 1.807) is 14.1 Å². The van der Waals surface area contributed by atoms with Gasteiger partial charge >= 0.3 is 0 Å². The van der Waals surface area contributed by atoms with Gasteiger partial charge in [-0.3, -0.25) is 9.79 Å². The number of para-hydroxylation sites is 1. The summed E-state index contributed by atoms with van der Waals surface area (Å²) in [5.74, 6) is 2.21. The number of ether oxygens (including phenoxy) is 1. The lowest BCUT2D eigenvalue weighted by molar-refractivity contribution is -0.128. The number of hydrogen-bond donors (Lipinski definition) is 3. The van der Waals surface area contributed by atoms with Crippen LogP contribution in [0.2, 0.25) is 0 Å². The van der Waals surface area contributed by atoms with E-state index < -0.39 is 5.41 Å². The summed E-state index contributed by atoms with van der Waals surface area (Å²) in [5.41, 5.74) is 1.60. The zero-order chi connectivity index (χ0) is 20.6. The zero-order valence-electron chi connectivity index (χ0n) is 17.3. The molecule has 2 aromatic carbocycles. The van der Waals surface area contributed by atoms with Crippen LogP contribution < -0.4 is 20.7 Å². The van der Waals surface area contributed by atoms with Crippen molar-refractivity contribution in [3.05, 3.63) is 59.7 Å². The SMILES string of the molecule is CN=C(NCc1ccc(C)cc1Oc1ccccc1)NCC(C)(C)C(=O)NC. The summed E-state index contributed by atoms with van der Waals surface area (Å²) in [4.78, 5) is 16.2. The second-order valence-corrected chi connectivity index (χ2v) is 7.27. The van der Waals surface area contributed by atoms with Crippen LogP contribution in [-0.4, -0.2) is 32.5 Å². The Kier molecular flexibility index (Phi) is 7.44. The summed E-state index contributed by atoms with van der Waals surface area (Å²) in [7, 11) is 3.35. The van der Waals surface area contributed by atoms with Crippen LogP contribution in [0.3, 0.4) is 0 Å². The summed E-state index contributed by atoms with van der Waals surface area (Å²) in [5, 5.41) is 9.19. The van der Waals surface area contributed by atoms with Crippen LogP contribution in [0.5, 0.6) is 11.5 Å². The quantitative estimate of drug-likeness (QED) is 0.508. The number of carbonyl (C=O) groups is 1. The van der Waals surface area contributed by atoms with Crippen molar-refractivity contribution >= 4 is 11.9 Å². The fourth-order valence-corrected chi connectivity index (χ4v) is 2.64. The predicted octanol–water partition coefficient (Wildman–Crippen LogP) is 3.22. The molecule has 0 saturated carbocycles. The van der Waals surface area contributed by atoms with E-state index in [1.807, 2.05) is 63.2 Å². The average molecular weight is 383 g/mol. The van der Waals surface area contributed by atoms with Crippen molar-refractivity contribution in [3.63, 3.8) is 0 Å². The highest BCUT2D eigenvalue weighted by Crippen LogP contribution is 2.26. The van der Waals surface area contributed by atoms with Crippen LogP contribution in [0, 0.1) is 12.3 Å². The molecule has 0 aliphatic heterocycles. The highest BCUT2D eigenvalue weighted by atomic mass is 16.5. The van der Waals surface area contributed by atoms with Gasteiger partial charge in [0.2, 0.25) is 5.91 Å². The fourth-order valence-electron chi connectivity index (χ4n) is 2.64. The average Bonchev–Trinajstić information content (AvgIpc) is 2.69. The first-order chi connectivity index (χ1) is 13.4. The second kappa shape index (κ2) is 9.78. The van der Waals surface area contributed by atoms with Gasteiger partial charge in [0.1, 0.15) is 11.5 Å². The van der Waals surface area contributed by atoms with Crippen LogP contribution in [0.4, 0.5) is 0 Å². The first kappa shape index (κ1) is 21.3. The minimum absolute atomic E-state index is 0.0208. The van der Waals surface area contributed by atoms with Gasteiger partial charge < -0.3 is 20.7 Å². The van der Waals surface area contributed by atoms with Crippen LogP contribution in [0.15, 0.2) is 53.5 Å². The van der Waals surface area contributed by atoms with Gasteiger partial charge in [-0.1, -0.05) is 30.3 Å². The number of aryl methyl sites for hydroxylation is 1. The molecule has 6 heteroatoms. The summed E-state index contributed by atoms with van der Waals surface area (Å²) < 4.78 is 6.06. The highest BCUT2D eigenvalue weighted by molar-refractivity contribution is 5.84. The number of hydrogen-bond acceptors (Lipinski definition) is 3. The van der Waals surface area contributed by atoms with Crippen LogP contribution in [0.25, 0.3) is 0 Å². The van der Waals surface area contributed by atoms with Crippen molar-refractivity contribution in [2.75, 3.05) is 20.6 Å². The Labute approximate surface area is 167 Å². The van der Waals surface area contributed by atoms with E-state index in [9.17, 15) is 4.79 Å². The number of rotatable bonds is 7. The number of nitrogens with one attached hydrogen (secondary N) is 3. The Morgan fingerprint density at radius 2 is 1.82 bits per heavy atom. The van der Waals surface area contributed by atoms with Gasteiger partial charge in [0.25, 0.3) is 0 Å². The minimum atomic E-state index is -0.544. The van der Waals surface area contributed by atoms with Crippen LogP contribution in [0.1, 0.15) is 25.0 Å². The topological polar surface area (TPSA) is 74.8 Å². The Bertz CT molecular complexity index is 817. The maximum Gasteiger partial charge on any atom is 0.227 e. The molecular formula is C22H30N4O2. The molecule has 6 nitrogen and oxygen atoms in total. The fraction of sp³-hybridized carbons (Fsp3) is 0.364. The van der Waals surface area contributed by atoms with E-state index in [-0.39, 0.29) is 5.91 Å². The summed E-state index contributed by atoms with van der Waals surface area (Å²) in [6, 6.07) is 15.8. The molecule has 2 aromatic rings. The largest absolute Gasteiger partial charge is 0.457 e. The number of carbonyl (C=O) groups excluding carboxylic acids is 1. The lowest BCUT2D eigenvalue weighted by Crippen LogP contribution is -2.47. The normalized spacial score (nSPS) is 11.7. The minimum Gasteiger partial charge on any atom is -0.457 e. The molecule has 0 saturated heterocycles. The van der Waals surface area contributed by atoms with Crippen molar-refractivity contribution < 1.29 is 9.53 Å². The van der Waals surface area contributed by atoms with E-state index in [4.69, 9.17) is 4.74 Å². The smallest absolute Gasteiger partial charge is 0.227 e. The monoisotopic (exact) mass is 382 g/mol. The third kappa shape index (κ3) is 6.01. The van der Waals surface area contributed by atoms with Crippen molar-refractivity contribution in [2.24, 2.45) is 10.4 Å². The van der Waals surface area contributed by atoms with E-state index >= 15 is 0 Å². The number of guanidine groups is 1. The first-order valence-corrected chi connectivity index (χ1v) is 9.35. The molecule has 28 heavy (non-hydrogen) atoms. The van der Waals surface area contributed by atoms with E-state index in [0.717, 1.165) is 22.6 Å². The maximum atomic E-state index is 11.9. The molecule has 0 aliphatic rings. The third-order valence-electron chi connectivity index (χ3n) is 4.40. The van der Waals surface area contributed by atoms with Gasteiger partial charge in [0.15, 0.2) is 5.96 Å². The van der Waals surface area contributed by atoms with Crippen LogP contribution >= 0.6 is 0 Å². The van der Waals surface area contributed by atoms with Gasteiger partial charge in [-0.25, -0.2) is 0 Å². The van der Waals surface area contributed by atoms with Gasteiger partial charge in [-0.15, -0.1) is 0 Å². The molecule has 2 rings (SSSR count). The molecule has 0 bridgehead atoms. The van der Waals surface area contributed by atoms with Crippen molar-refractivity contribution in [2.45, 2.75) is 27.3 Å². The van der Waals surface area contributed by atoms with E-state index in [1.165, 1.54) is 0 Å². The standard InChI is InChI=1S/C22H30N4O2/c1-16-11-12-17(19(13-16)28-18-9-7-6-8-10-18)14-25-21(24-5)26-15-22(2,3)20(27)23-4/h6-13H,14-15H2,1-5H3,(H,23,27)(H2,24,25,26). The molecular weight excluding hydrogens is 352 g/mol. The van der Waals surface area contributed by atoms with Gasteiger partial charge in [0, 0.05) is 32.7 Å². The van der Waals surface area contributed by atoms with E-state index in [2.05, 4.69) is 27.0 Å². The predicted molar refractivity (Wildman–Crippen MR) is 114 cm³/mol. The lowest BCUT2D eigenvalue weighted by Gasteiger charge is -2.24. The van der Waals surface area contributed by atoms with Crippen molar-refractivity contribution in [1.82, 2.24) is 16.0 Å². The van der Waals surface area contributed by atoms with Gasteiger partial charge in [-0.05, 0) is 44.5 Å². The number of nitrogens with zero attached hydrogens (tertiary/aromatic N) is 1. The number of aliphatic imine (C=N–C) groups is 1. The highest BCUT2D eigenvalue weighted by Gasteiger charge is 2.26. The second-order valence-electron chi connectivity index (χ2n) is 7.27. The molecule has 0 heterocycles. The van der Waals surface area contributed by atoms with Crippen LogP contribution in [-0.2, 0) is 11.3 Å². The number of benzene rings is 2. The maximum absolute atomic E-state index is 11.9. The van der Waals surface area contributed by atoms with Gasteiger partial charge in [-0.2, -0.15) is 0 Å². The third-order valence-corrected chi connectivity index (χ3v) is 4.40. The Morgan fingerprint density at radius 1 is 1.11 bits per heavy atom. The summed E-state index contributed by atoms with van der Waals surface area (Å²) >= 11 is 0. The summed E-state index contributed by atoms with van der Waals surface area (Å²) in [6.07, 6.45) is 0. The van der Waals surface area contributed by atoms with Gasteiger partial charge in [0.05, 0.1) is 5.41 Å².